The van der Waals surface area contributed by atoms with Gasteiger partial charge in [-0.15, -0.1) is 0 Å². The van der Waals surface area contributed by atoms with Crippen LogP contribution in [0.25, 0.3) is 11.1 Å². The summed E-state index contributed by atoms with van der Waals surface area (Å²) in [7, 11) is 0. The molecule has 3 rings (SSSR count). The summed E-state index contributed by atoms with van der Waals surface area (Å²) >= 11 is 0. The molecule has 0 spiro atoms. The molecule has 0 aliphatic rings. The Balaban J connectivity index is 1.62. The van der Waals surface area contributed by atoms with Crippen molar-refractivity contribution >= 4 is 11.8 Å². The monoisotopic (exact) mass is 413 g/mol. The second-order valence-electron chi connectivity index (χ2n) is 6.37. The SMILES string of the molecule is O=C(NCCNC(=O)c1ccccc1-c1ccc(C(F)(F)F)cc1)c1cccnc1. The third kappa shape index (κ3) is 5.22. The van der Waals surface area contributed by atoms with E-state index in [1.54, 1.807) is 42.6 Å². The van der Waals surface area contributed by atoms with Crippen molar-refractivity contribution in [1.82, 2.24) is 15.6 Å². The molecule has 2 amide bonds. The Morgan fingerprint density at radius 3 is 2.13 bits per heavy atom. The number of amides is 2. The highest BCUT2D eigenvalue weighted by atomic mass is 19.4. The van der Waals surface area contributed by atoms with E-state index in [1.165, 1.54) is 18.3 Å². The molecule has 0 radical (unpaired) electrons. The molecule has 0 atom stereocenters. The molecule has 0 fully saturated rings. The molecule has 1 heterocycles. The van der Waals surface area contributed by atoms with Crippen LogP contribution in [0, 0.1) is 0 Å². The normalized spacial score (nSPS) is 11.0. The second-order valence-corrected chi connectivity index (χ2v) is 6.37. The number of rotatable bonds is 6. The number of pyridine rings is 1. The number of alkyl halides is 3. The highest BCUT2D eigenvalue weighted by molar-refractivity contribution is 6.01. The van der Waals surface area contributed by atoms with Crippen LogP contribution >= 0.6 is 0 Å². The fourth-order valence-corrected chi connectivity index (χ4v) is 2.82. The number of halogens is 3. The largest absolute Gasteiger partial charge is 0.416 e. The van der Waals surface area contributed by atoms with E-state index < -0.39 is 11.7 Å². The van der Waals surface area contributed by atoms with Gasteiger partial charge >= 0.3 is 6.18 Å². The van der Waals surface area contributed by atoms with Gasteiger partial charge in [-0.25, -0.2) is 0 Å². The molecule has 2 aromatic carbocycles. The molecule has 154 valence electrons. The third-order valence-corrected chi connectivity index (χ3v) is 4.31. The molecule has 1 aromatic heterocycles. The van der Waals surface area contributed by atoms with Gasteiger partial charge in [-0.1, -0.05) is 30.3 Å². The van der Waals surface area contributed by atoms with E-state index in [9.17, 15) is 22.8 Å². The smallest absolute Gasteiger partial charge is 0.350 e. The summed E-state index contributed by atoms with van der Waals surface area (Å²) in [6.07, 6.45) is -1.42. The fraction of sp³-hybridized carbons (Fsp3) is 0.136. The lowest BCUT2D eigenvalue weighted by atomic mass is 9.98. The van der Waals surface area contributed by atoms with Crippen LogP contribution in [0.4, 0.5) is 13.2 Å². The minimum Gasteiger partial charge on any atom is -0.350 e. The number of nitrogens with zero attached hydrogens (tertiary/aromatic N) is 1. The Bertz CT molecular complexity index is 1020. The molecule has 0 aliphatic heterocycles. The molecule has 0 saturated carbocycles. The third-order valence-electron chi connectivity index (χ3n) is 4.31. The standard InChI is InChI=1S/C22H18F3N3O2/c23-22(24,25)17-9-7-15(8-10-17)18-5-1-2-6-19(18)21(30)28-13-12-27-20(29)16-4-3-11-26-14-16/h1-11,14H,12-13H2,(H,27,29)(H,28,30). The number of nitrogens with one attached hydrogen (secondary N) is 2. The molecule has 0 unspecified atom stereocenters. The van der Waals surface area contributed by atoms with Gasteiger partial charge in [0.2, 0.25) is 0 Å². The first-order valence-electron chi connectivity index (χ1n) is 9.09. The van der Waals surface area contributed by atoms with Crippen molar-refractivity contribution < 1.29 is 22.8 Å². The van der Waals surface area contributed by atoms with Crippen LogP contribution in [0.2, 0.25) is 0 Å². The number of carbonyl (C=O) groups excluding carboxylic acids is 2. The van der Waals surface area contributed by atoms with Crippen LogP contribution in [-0.2, 0) is 6.18 Å². The Labute approximate surface area is 171 Å². The van der Waals surface area contributed by atoms with Crippen molar-refractivity contribution in [2.75, 3.05) is 13.1 Å². The summed E-state index contributed by atoms with van der Waals surface area (Å²) < 4.78 is 38.3. The van der Waals surface area contributed by atoms with Crippen molar-refractivity contribution in [1.29, 1.82) is 0 Å². The maximum Gasteiger partial charge on any atom is 0.416 e. The van der Waals surface area contributed by atoms with Gasteiger partial charge in [0, 0.05) is 31.0 Å². The zero-order valence-corrected chi connectivity index (χ0v) is 15.7. The lowest BCUT2D eigenvalue weighted by Gasteiger charge is -2.12. The molecular weight excluding hydrogens is 395 g/mol. The van der Waals surface area contributed by atoms with Crippen LogP contribution in [0.5, 0.6) is 0 Å². The Morgan fingerprint density at radius 1 is 0.833 bits per heavy atom. The second kappa shape index (κ2) is 9.21. The van der Waals surface area contributed by atoms with Crippen molar-refractivity contribution in [3.63, 3.8) is 0 Å². The maximum absolute atomic E-state index is 12.8. The van der Waals surface area contributed by atoms with E-state index in [0.717, 1.165) is 12.1 Å². The van der Waals surface area contributed by atoms with E-state index in [4.69, 9.17) is 0 Å². The van der Waals surface area contributed by atoms with Crippen molar-refractivity contribution in [3.8, 4) is 11.1 Å². The van der Waals surface area contributed by atoms with Crippen LogP contribution in [0.15, 0.2) is 73.1 Å². The molecule has 0 bridgehead atoms. The van der Waals surface area contributed by atoms with Gasteiger partial charge in [-0.3, -0.25) is 14.6 Å². The summed E-state index contributed by atoms with van der Waals surface area (Å²) in [6.45, 7) is 0.397. The van der Waals surface area contributed by atoms with Gasteiger partial charge in [0.25, 0.3) is 11.8 Å². The summed E-state index contributed by atoms with van der Waals surface area (Å²) in [5, 5.41) is 5.37. The van der Waals surface area contributed by atoms with Crippen molar-refractivity contribution in [2.24, 2.45) is 0 Å². The molecule has 2 N–H and O–H groups in total. The summed E-state index contributed by atoms with van der Waals surface area (Å²) in [4.78, 5) is 28.4. The van der Waals surface area contributed by atoms with E-state index >= 15 is 0 Å². The van der Waals surface area contributed by atoms with Crippen molar-refractivity contribution in [2.45, 2.75) is 6.18 Å². The number of benzene rings is 2. The van der Waals surface area contributed by atoms with E-state index in [-0.39, 0.29) is 24.9 Å². The average Bonchev–Trinajstić information content (AvgIpc) is 2.76. The summed E-state index contributed by atoms with van der Waals surface area (Å²) in [5.41, 5.74) is 1.01. The quantitative estimate of drug-likeness (QED) is 0.602. The van der Waals surface area contributed by atoms with Gasteiger partial charge in [0.15, 0.2) is 0 Å². The van der Waals surface area contributed by atoms with Gasteiger partial charge in [0.1, 0.15) is 0 Å². The fourth-order valence-electron chi connectivity index (χ4n) is 2.82. The molecule has 0 saturated heterocycles. The minimum atomic E-state index is -4.42. The highest BCUT2D eigenvalue weighted by Gasteiger charge is 2.30. The molecule has 30 heavy (non-hydrogen) atoms. The zero-order chi connectivity index (χ0) is 21.6. The van der Waals surface area contributed by atoms with E-state index in [2.05, 4.69) is 15.6 Å². The Kier molecular flexibility index (Phi) is 6.46. The van der Waals surface area contributed by atoms with Gasteiger partial charge < -0.3 is 10.6 Å². The Hall–Kier alpha value is -3.68. The Morgan fingerprint density at radius 2 is 1.50 bits per heavy atom. The highest BCUT2D eigenvalue weighted by Crippen LogP contribution is 2.31. The zero-order valence-electron chi connectivity index (χ0n) is 15.7. The molecule has 0 aliphatic carbocycles. The van der Waals surface area contributed by atoms with Gasteiger partial charge in [-0.2, -0.15) is 13.2 Å². The molecule has 3 aromatic rings. The first kappa shape index (κ1) is 21.0. The van der Waals surface area contributed by atoms with Crippen LogP contribution in [0.3, 0.4) is 0 Å². The van der Waals surface area contributed by atoms with Crippen LogP contribution in [-0.4, -0.2) is 29.9 Å². The molecule has 8 heteroatoms. The molecule has 5 nitrogen and oxygen atoms in total. The number of hydrogen-bond acceptors (Lipinski definition) is 3. The number of aromatic nitrogens is 1. The number of hydrogen-bond donors (Lipinski definition) is 2. The topological polar surface area (TPSA) is 71.1 Å². The maximum atomic E-state index is 12.8. The van der Waals surface area contributed by atoms with E-state index in [0.29, 0.717) is 22.3 Å². The van der Waals surface area contributed by atoms with E-state index in [1.807, 2.05) is 0 Å². The first-order chi connectivity index (χ1) is 14.4. The predicted octanol–water partition coefficient (Wildman–Crippen LogP) is 3.93. The minimum absolute atomic E-state index is 0.187. The van der Waals surface area contributed by atoms with Crippen molar-refractivity contribution in [3.05, 3.63) is 89.7 Å². The lowest BCUT2D eigenvalue weighted by molar-refractivity contribution is -0.137. The summed E-state index contributed by atoms with van der Waals surface area (Å²) in [5.74, 6) is -0.691. The molecular formula is C22H18F3N3O2. The van der Waals surface area contributed by atoms with Gasteiger partial charge in [-0.05, 0) is 41.5 Å². The van der Waals surface area contributed by atoms with Crippen LogP contribution < -0.4 is 10.6 Å². The van der Waals surface area contributed by atoms with Crippen LogP contribution in [0.1, 0.15) is 26.3 Å². The predicted molar refractivity (Wildman–Crippen MR) is 106 cm³/mol. The van der Waals surface area contributed by atoms with Gasteiger partial charge in [0.05, 0.1) is 11.1 Å². The summed E-state index contributed by atoms with van der Waals surface area (Å²) in [6, 6.07) is 14.6. The lowest BCUT2D eigenvalue weighted by Crippen LogP contribution is -2.34. The average molecular weight is 413 g/mol. The number of carbonyl (C=O) groups is 2. The first-order valence-corrected chi connectivity index (χ1v) is 9.09.